The first kappa shape index (κ1) is 13.2. The predicted octanol–water partition coefficient (Wildman–Crippen LogP) is 3.19. The van der Waals surface area contributed by atoms with Gasteiger partial charge in [0.05, 0.1) is 0 Å². The lowest BCUT2D eigenvalue weighted by atomic mass is 10.2. The molecule has 0 fully saturated rings. The number of allylic oxidation sites excluding steroid dienone is 1. The number of hydrogen-bond acceptors (Lipinski definition) is 0. The summed E-state index contributed by atoms with van der Waals surface area (Å²) in [5, 5.41) is 0. The van der Waals surface area contributed by atoms with Crippen molar-refractivity contribution >= 4 is 24.0 Å². The molecule has 0 spiro atoms. The third kappa shape index (κ3) is 4.95. The molecule has 0 aliphatic rings. The third-order valence-corrected chi connectivity index (χ3v) is 1.22. The molecule has 0 saturated heterocycles. The zero-order valence-electron chi connectivity index (χ0n) is 6.19. The first-order chi connectivity index (χ1) is 4.43. The molecule has 1 aromatic carbocycles. The van der Waals surface area contributed by atoms with E-state index in [2.05, 4.69) is 18.7 Å². The van der Waals surface area contributed by atoms with Gasteiger partial charge in [0.15, 0.2) is 0 Å². The molecule has 62 valence electrons. The van der Waals surface area contributed by atoms with Gasteiger partial charge in [-0.1, -0.05) is 36.4 Å². The van der Waals surface area contributed by atoms with Crippen LogP contribution in [-0.2, 0) is 6.42 Å². The molecule has 1 aromatic rings. The Labute approximate surface area is 83.7 Å². The topological polar surface area (TPSA) is 0 Å². The van der Waals surface area contributed by atoms with Crippen LogP contribution in [0.4, 0.5) is 4.70 Å². The summed E-state index contributed by atoms with van der Waals surface area (Å²) in [7, 11) is 0. The lowest BCUT2D eigenvalue weighted by Crippen LogP contribution is -1.75. The molecule has 0 atom stereocenters. The fourth-order valence-electron chi connectivity index (χ4n) is 0.781. The Morgan fingerprint density at radius 3 is 2.18 bits per heavy atom. The fraction of sp³-hybridized carbons (Fsp3) is 0.111. The van der Waals surface area contributed by atoms with Crippen LogP contribution in [0.3, 0.4) is 0 Å². The van der Waals surface area contributed by atoms with Gasteiger partial charge in [0.2, 0.25) is 0 Å². The number of halogens is 2. The molecule has 0 bridgehead atoms. The van der Waals surface area contributed by atoms with E-state index in [9.17, 15) is 0 Å². The van der Waals surface area contributed by atoms with Gasteiger partial charge in [0.1, 0.15) is 0 Å². The lowest BCUT2D eigenvalue weighted by molar-refractivity contribution is 1.11. The van der Waals surface area contributed by atoms with Crippen molar-refractivity contribution in [1.82, 2.24) is 0 Å². The van der Waals surface area contributed by atoms with Gasteiger partial charge in [-0.3, -0.25) is 4.70 Å². The molecule has 11 heavy (non-hydrogen) atoms. The van der Waals surface area contributed by atoms with Crippen LogP contribution in [0.5, 0.6) is 0 Å². The summed E-state index contributed by atoms with van der Waals surface area (Å²) in [4.78, 5) is 0. The second-order valence-corrected chi connectivity index (χ2v) is 1.98. The van der Waals surface area contributed by atoms with Gasteiger partial charge >= 0.3 is 0 Å². The van der Waals surface area contributed by atoms with Gasteiger partial charge < -0.3 is 0 Å². The Morgan fingerprint density at radius 1 is 1.18 bits per heavy atom. The van der Waals surface area contributed by atoms with Crippen LogP contribution >= 0.6 is 24.0 Å². The van der Waals surface area contributed by atoms with Crippen LogP contribution in [0.2, 0.25) is 0 Å². The molecule has 0 N–H and O–H groups in total. The third-order valence-electron chi connectivity index (χ3n) is 1.22. The van der Waals surface area contributed by atoms with Gasteiger partial charge in [-0.15, -0.1) is 30.6 Å². The number of rotatable bonds is 2. The lowest BCUT2D eigenvalue weighted by Gasteiger charge is -1.91. The normalized spacial score (nSPS) is 7.27. The maximum atomic E-state index is 3.66. The molecule has 0 amide bonds. The van der Waals surface area contributed by atoms with Crippen molar-refractivity contribution in [2.24, 2.45) is 0 Å². The monoisotopic (exact) mass is 266 g/mol. The molecule has 0 unspecified atom stereocenters. The van der Waals surface area contributed by atoms with Gasteiger partial charge in [0, 0.05) is 0 Å². The van der Waals surface area contributed by atoms with E-state index in [1.807, 2.05) is 24.3 Å². The largest absolute Gasteiger partial charge is 0.269 e. The molecule has 0 radical (unpaired) electrons. The Morgan fingerprint density at radius 2 is 1.73 bits per heavy atom. The summed E-state index contributed by atoms with van der Waals surface area (Å²) in [5.74, 6) is 0. The number of benzene rings is 1. The van der Waals surface area contributed by atoms with E-state index >= 15 is 0 Å². The summed E-state index contributed by atoms with van der Waals surface area (Å²) in [6.45, 7) is 3.66. The highest BCUT2D eigenvalue weighted by Gasteiger charge is 1.82. The Kier molecular flexibility index (Phi) is 9.29. The molecule has 2 heteroatoms. The van der Waals surface area contributed by atoms with E-state index in [1.54, 1.807) is 0 Å². The molecule has 0 heterocycles. The highest BCUT2D eigenvalue weighted by molar-refractivity contribution is 14.0. The fourth-order valence-corrected chi connectivity index (χ4v) is 0.781. The van der Waals surface area contributed by atoms with Crippen molar-refractivity contribution in [2.75, 3.05) is 0 Å². The Bertz CT molecular complexity index is 184. The van der Waals surface area contributed by atoms with Crippen LogP contribution in [-0.4, -0.2) is 0 Å². The van der Waals surface area contributed by atoms with Crippen molar-refractivity contribution < 1.29 is 4.70 Å². The van der Waals surface area contributed by atoms with Crippen molar-refractivity contribution in [3.63, 3.8) is 0 Å². The van der Waals surface area contributed by atoms with E-state index in [0.717, 1.165) is 6.42 Å². The quantitative estimate of drug-likeness (QED) is 0.569. The summed E-state index contributed by atoms with van der Waals surface area (Å²) >= 11 is 0. The van der Waals surface area contributed by atoms with Gasteiger partial charge in [-0.25, -0.2) is 0 Å². The minimum absolute atomic E-state index is 0. The predicted molar refractivity (Wildman–Crippen MR) is 58.3 cm³/mol. The molecular weight excluding hydrogens is 254 g/mol. The summed E-state index contributed by atoms with van der Waals surface area (Å²) in [6.07, 6.45) is 2.89. The zero-order valence-corrected chi connectivity index (χ0v) is 8.53. The molecule has 0 nitrogen and oxygen atoms in total. The highest BCUT2D eigenvalue weighted by atomic mass is 127. The average molecular weight is 266 g/mol. The summed E-state index contributed by atoms with van der Waals surface area (Å²) in [6, 6.07) is 10.3. The maximum Gasteiger partial charge on any atom is -0.0100 e. The first-order valence-electron chi connectivity index (χ1n) is 3.08. The van der Waals surface area contributed by atoms with Gasteiger partial charge in [-0.2, -0.15) is 0 Å². The Balaban J connectivity index is 0. The SMILES string of the molecule is C=CCc1ccccc1.F.I. The molecule has 0 aliphatic carbocycles. The van der Waals surface area contributed by atoms with Crippen molar-refractivity contribution in [3.05, 3.63) is 48.6 Å². The van der Waals surface area contributed by atoms with E-state index in [4.69, 9.17) is 0 Å². The average Bonchev–Trinajstić information content (AvgIpc) is 1.91. The first-order valence-corrected chi connectivity index (χ1v) is 3.08. The van der Waals surface area contributed by atoms with Crippen molar-refractivity contribution in [3.8, 4) is 0 Å². The molecule has 0 aromatic heterocycles. The smallest absolute Gasteiger partial charge is 0.0100 e. The van der Waals surface area contributed by atoms with E-state index < -0.39 is 0 Å². The number of hydrogen-bond donors (Lipinski definition) is 0. The molecule has 0 saturated carbocycles. The summed E-state index contributed by atoms with van der Waals surface area (Å²) < 4.78 is 0. The van der Waals surface area contributed by atoms with Crippen LogP contribution in [0.25, 0.3) is 0 Å². The zero-order chi connectivity index (χ0) is 6.53. The van der Waals surface area contributed by atoms with Crippen molar-refractivity contribution in [1.29, 1.82) is 0 Å². The second-order valence-electron chi connectivity index (χ2n) is 1.98. The van der Waals surface area contributed by atoms with E-state index in [1.165, 1.54) is 5.56 Å². The van der Waals surface area contributed by atoms with Crippen LogP contribution in [0, 0.1) is 0 Å². The van der Waals surface area contributed by atoms with E-state index in [-0.39, 0.29) is 28.7 Å². The highest BCUT2D eigenvalue weighted by Crippen LogP contribution is 1.98. The van der Waals surface area contributed by atoms with Crippen LogP contribution in [0.1, 0.15) is 5.56 Å². The van der Waals surface area contributed by atoms with Crippen LogP contribution in [0.15, 0.2) is 43.0 Å². The van der Waals surface area contributed by atoms with E-state index in [0.29, 0.717) is 0 Å². The van der Waals surface area contributed by atoms with Gasteiger partial charge in [-0.05, 0) is 12.0 Å². The molecule has 0 aliphatic heterocycles. The molecule has 1 rings (SSSR count). The second kappa shape index (κ2) is 7.72. The van der Waals surface area contributed by atoms with Gasteiger partial charge in [0.25, 0.3) is 0 Å². The standard InChI is InChI=1S/C9H10.FH.HI/c1-2-6-9-7-4-3-5-8-9;;/h2-5,7-8H,1,6H2;2*1H. The summed E-state index contributed by atoms with van der Waals surface area (Å²) in [5.41, 5.74) is 1.33. The van der Waals surface area contributed by atoms with Crippen LogP contribution < -0.4 is 0 Å². The maximum absolute atomic E-state index is 3.66. The molecular formula is C9H12FI. The minimum atomic E-state index is 0. The minimum Gasteiger partial charge on any atom is -0.269 e. The Hall–Kier alpha value is -0.380. The van der Waals surface area contributed by atoms with Crippen molar-refractivity contribution in [2.45, 2.75) is 6.42 Å².